The van der Waals surface area contributed by atoms with Gasteiger partial charge in [0.05, 0.1) is 43.1 Å². The minimum absolute atomic E-state index is 0.0413. The number of carbonyl (C=O) groups excluding carboxylic acids is 1. The van der Waals surface area contributed by atoms with Crippen molar-refractivity contribution >= 4 is 82.3 Å². The first kappa shape index (κ1) is 84.7. The fourth-order valence-corrected chi connectivity index (χ4v) is 28.4. The molecule has 9 heterocycles. The zero-order valence-corrected chi connectivity index (χ0v) is 75.9. The largest absolute Gasteiger partial charge is 0.344 e. The van der Waals surface area contributed by atoms with Gasteiger partial charge in [-0.1, -0.05) is 177 Å². The van der Waals surface area contributed by atoms with E-state index in [4.69, 9.17) is 38.2 Å². The molecule has 9 aliphatic rings. The van der Waals surface area contributed by atoms with Crippen LogP contribution in [-0.4, -0.2) is 176 Å². The number of fused-ring (bicyclic) bond motifs is 12. The van der Waals surface area contributed by atoms with Crippen LogP contribution in [0.15, 0.2) is 204 Å². The summed E-state index contributed by atoms with van der Waals surface area (Å²) in [4.78, 5) is 38.5. The highest BCUT2D eigenvalue weighted by Crippen LogP contribution is 2.52. The zero-order chi connectivity index (χ0) is 84.8. The Balaban J connectivity index is 0.000000125. The molecule has 6 bridgehead atoms. The first-order valence-corrected chi connectivity index (χ1v) is 48.8. The SMILES string of the molecule is Cc1nc2ccccc2n1C1C[C@H]2CC[C@@H](C1)N2CCC1(CN(C)C(=O)C(C)(C)C)CCc2ccccc21.Cc1nc2ccccc2n1C1C[C@H]2CC[C@@H](C1)N2CC[C@@]1(CN(C)S(=O)(=O)c2ccccc2Cl)CCc2ccccc21.Cc1nc2ccccc2n1C1C[C@H]2CC[C@@H](C1)N2CC[C@]1(CN(C)S(=O)(=O)c2ccccc2Cl)CCc2ccccc21. The summed E-state index contributed by atoms with van der Waals surface area (Å²) in [6.07, 6.45) is 23.7. The van der Waals surface area contributed by atoms with E-state index < -0.39 is 20.0 Å². The van der Waals surface area contributed by atoms with Gasteiger partial charge in [-0.05, 0) is 269 Å². The van der Waals surface area contributed by atoms with Crippen molar-refractivity contribution in [3.05, 3.63) is 255 Å². The number of rotatable bonds is 22. The van der Waals surface area contributed by atoms with Gasteiger partial charge >= 0.3 is 0 Å². The number of nitrogens with zero attached hydrogens (tertiary/aromatic N) is 12. The number of aryl methyl sites for hydroxylation is 6. The van der Waals surface area contributed by atoms with Crippen LogP contribution in [0.25, 0.3) is 33.1 Å². The molecule has 3 aromatic heterocycles. The Hall–Kier alpha value is -8.08. The third-order valence-electron chi connectivity index (χ3n) is 30.5. The third kappa shape index (κ3) is 15.9. The van der Waals surface area contributed by atoms with Crippen LogP contribution >= 0.6 is 23.2 Å². The number of imidazole rings is 3. The summed E-state index contributed by atoms with van der Waals surface area (Å²) < 4.78 is 65.4. The minimum Gasteiger partial charge on any atom is -0.344 e. The molecule has 11 aromatic rings. The van der Waals surface area contributed by atoms with E-state index in [1.54, 1.807) is 71.2 Å². The van der Waals surface area contributed by atoms with E-state index in [-0.39, 0.29) is 47.4 Å². The fourth-order valence-electron chi connectivity index (χ4n) is 24.9. The fraction of sp³-hybridized carbons (Fsp3) is 0.485. The molecule has 0 saturated carbocycles. The summed E-state index contributed by atoms with van der Waals surface area (Å²) in [5.74, 6) is 3.61. The minimum atomic E-state index is -3.73. The average Bonchev–Trinajstić information content (AvgIpc) is 1.52. The topological polar surface area (TPSA) is 158 Å². The predicted octanol–water partition coefficient (Wildman–Crippen LogP) is 19.8. The maximum absolute atomic E-state index is 13.7. The molecule has 642 valence electrons. The smallest absolute Gasteiger partial charge is 0.244 e. The van der Waals surface area contributed by atoms with Crippen LogP contribution in [0.2, 0.25) is 10.0 Å². The molecule has 20 rings (SSSR count). The van der Waals surface area contributed by atoms with Crippen LogP contribution < -0.4 is 0 Å². The number of likely N-dealkylation sites (N-methyl/N-ethyl adjacent to an activating group) is 3. The number of carbonyl (C=O) groups is 1. The summed E-state index contributed by atoms with van der Waals surface area (Å²) in [6.45, 7) is 17.4. The monoisotopic (exact) mass is 1720 g/mol. The highest BCUT2D eigenvalue weighted by atomic mass is 35.5. The number of sulfonamides is 2. The van der Waals surface area contributed by atoms with Crippen LogP contribution in [0.3, 0.4) is 0 Å². The van der Waals surface area contributed by atoms with Gasteiger partial charge in [-0.2, -0.15) is 8.61 Å². The molecule has 6 fully saturated rings. The van der Waals surface area contributed by atoms with E-state index in [9.17, 15) is 21.6 Å². The van der Waals surface area contributed by atoms with Gasteiger partial charge in [-0.15, -0.1) is 0 Å². The average molecular weight is 1720 g/mol. The maximum Gasteiger partial charge on any atom is 0.244 e. The molecule has 1 amide bonds. The number of benzene rings is 8. The van der Waals surface area contributed by atoms with Crippen molar-refractivity contribution < 1.29 is 21.6 Å². The molecular weight excluding hydrogens is 1600 g/mol. The first-order valence-electron chi connectivity index (χ1n) is 45.2. The molecule has 0 N–H and O–H groups in total. The van der Waals surface area contributed by atoms with E-state index in [2.05, 4.69) is 195 Å². The van der Waals surface area contributed by atoms with Crippen molar-refractivity contribution in [2.45, 2.75) is 257 Å². The molecular formula is C101H122Cl2N12O5S2. The number of hydrogen-bond acceptors (Lipinski definition) is 11. The van der Waals surface area contributed by atoms with E-state index >= 15 is 0 Å². The number of para-hydroxylation sites is 6. The molecule has 6 aliphatic heterocycles. The van der Waals surface area contributed by atoms with Crippen molar-refractivity contribution in [2.75, 3.05) is 60.4 Å². The number of piperidine rings is 3. The number of halogens is 2. The maximum atomic E-state index is 13.7. The van der Waals surface area contributed by atoms with Crippen molar-refractivity contribution in [1.29, 1.82) is 0 Å². The number of hydrogen-bond donors (Lipinski definition) is 0. The second-order valence-corrected chi connectivity index (χ2v) is 43.5. The lowest BCUT2D eigenvalue weighted by molar-refractivity contribution is -0.139. The standard InChI is InChI=1S/2C34H39ClN4O2S.C33H44N4O/c2*1-24-36-31-12-6-7-13-32(31)39(24)28-21-26-15-16-27(22-28)38(26)20-19-34(18-17-25-9-3-4-10-29(25)34)23-37(2)42(40,41)33-14-8-5-11-30(33)35;1-23-34-29-12-8-9-13-30(29)37(23)27-20-25-14-15-26(21-27)36(25)19-18-33(22-35(5)31(38)32(2,3)4)17-16-24-10-6-7-11-28(24)33/h2*3-14,26-28H,15-23H2,1-2H3;6-13,25-27H,14-22H2,1-5H3/t2*26-,27+,28?,34-;25-,26+,27?,33?/m10./s1. The van der Waals surface area contributed by atoms with Gasteiger partial charge < -0.3 is 18.6 Å². The Labute approximate surface area is 733 Å². The van der Waals surface area contributed by atoms with Crippen LogP contribution in [0.5, 0.6) is 0 Å². The Morgan fingerprint density at radius 1 is 0.385 bits per heavy atom. The Morgan fingerprint density at radius 2 is 0.656 bits per heavy atom. The van der Waals surface area contributed by atoms with E-state index in [1.807, 2.05) is 32.7 Å². The van der Waals surface area contributed by atoms with Gasteiger partial charge in [0.1, 0.15) is 27.3 Å². The van der Waals surface area contributed by atoms with Crippen molar-refractivity contribution in [3.63, 3.8) is 0 Å². The molecule has 4 unspecified atom stereocenters. The molecule has 8 aromatic carbocycles. The second kappa shape index (κ2) is 34.0. The van der Waals surface area contributed by atoms with Gasteiger partial charge in [0, 0.05) is 117 Å². The first-order chi connectivity index (χ1) is 58.7. The zero-order valence-electron chi connectivity index (χ0n) is 72.7. The summed E-state index contributed by atoms with van der Waals surface area (Å²) in [6, 6.07) is 70.4. The van der Waals surface area contributed by atoms with Crippen molar-refractivity contribution in [2.24, 2.45) is 5.41 Å². The molecule has 0 radical (unpaired) electrons. The van der Waals surface area contributed by atoms with Gasteiger partial charge in [-0.3, -0.25) is 19.5 Å². The molecule has 6 saturated heterocycles. The summed E-state index contributed by atoms with van der Waals surface area (Å²) >= 11 is 12.7. The van der Waals surface area contributed by atoms with Crippen molar-refractivity contribution in [3.8, 4) is 0 Å². The van der Waals surface area contributed by atoms with E-state index in [1.165, 1.54) is 101 Å². The summed E-state index contributed by atoms with van der Waals surface area (Å²) in [5, 5.41) is 0.538. The molecule has 17 nitrogen and oxygen atoms in total. The summed E-state index contributed by atoms with van der Waals surface area (Å²) in [7, 11) is -2.00. The predicted molar refractivity (Wildman–Crippen MR) is 492 cm³/mol. The lowest BCUT2D eigenvalue weighted by Crippen LogP contribution is -2.48. The van der Waals surface area contributed by atoms with Gasteiger partial charge in [0.25, 0.3) is 0 Å². The van der Waals surface area contributed by atoms with Gasteiger partial charge in [-0.25, -0.2) is 31.8 Å². The molecule has 3 aliphatic carbocycles. The van der Waals surface area contributed by atoms with Crippen LogP contribution in [-0.2, 0) is 60.3 Å². The molecule has 21 heteroatoms. The second-order valence-electron chi connectivity index (χ2n) is 38.7. The van der Waals surface area contributed by atoms with Crippen LogP contribution in [0, 0.1) is 26.2 Å². The highest BCUT2D eigenvalue weighted by Gasteiger charge is 2.51. The highest BCUT2D eigenvalue weighted by molar-refractivity contribution is 7.89. The lowest BCUT2D eigenvalue weighted by Gasteiger charge is -2.43. The Morgan fingerprint density at radius 3 is 0.959 bits per heavy atom. The number of amides is 1. The lowest BCUT2D eigenvalue weighted by atomic mass is 9.77. The normalized spacial score (nSPS) is 26.3. The Kier molecular flexibility index (Phi) is 23.6. The van der Waals surface area contributed by atoms with E-state index in [0.29, 0.717) is 67.5 Å². The molecule has 12 atom stereocenters. The van der Waals surface area contributed by atoms with Crippen molar-refractivity contribution in [1.82, 2.24) is 56.9 Å². The van der Waals surface area contributed by atoms with Crippen LogP contribution in [0.4, 0.5) is 0 Å². The van der Waals surface area contributed by atoms with Crippen LogP contribution in [0.1, 0.15) is 205 Å². The Bertz CT molecular complexity index is 5640. The van der Waals surface area contributed by atoms with Gasteiger partial charge in [0.15, 0.2) is 0 Å². The van der Waals surface area contributed by atoms with E-state index in [0.717, 1.165) is 144 Å². The third-order valence-corrected chi connectivity index (χ3v) is 35.2. The summed E-state index contributed by atoms with van der Waals surface area (Å²) in [5.41, 5.74) is 14.6. The quantitative estimate of drug-likeness (QED) is 0.0636. The number of aromatic nitrogens is 6. The molecule has 122 heavy (non-hydrogen) atoms. The molecule has 0 spiro atoms. The van der Waals surface area contributed by atoms with Gasteiger partial charge in [0.2, 0.25) is 26.0 Å².